The standard InChI is InChI=1S/C34H37N3O3/c1-21-18-38-32(35-21)15-27-22(2)28(16-33-36-30(19-39-33)25-11-7-5-8-12-25)24(4)29(23(27)3)17-34-37-31(20-40-34)26-13-9-6-10-14-26/h5-14,21,30-31H,15-20H2,1-4H3. The van der Waals surface area contributed by atoms with E-state index in [2.05, 4.69) is 76.2 Å². The summed E-state index contributed by atoms with van der Waals surface area (Å²) in [6.07, 6.45) is 2.00. The molecule has 3 aliphatic rings. The molecule has 0 aromatic heterocycles. The number of rotatable bonds is 8. The molecule has 0 radical (unpaired) electrons. The van der Waals surface area contributed by atoms with Crippen LogP contribution in [0.25, 0.3) is 0 Å². The van der Waals surface area contributed by atoms with Crippen molar-refractivity contribution in [2.45, 2.75) is 65.1 Å². The summed E-state index contributed by atoms with van der Waals surface area (Å²) in [6, 6.07) is 21.0. The molecule has 3 heterocycles. The molecule has 0 spiro atoms. The monoisotopic (exact) mass is 535 g/mol. The normalized spacial score (nSPS) is 21.8. The highest BCUT2D eigenvalue weighted by molar-refractivity contribution is 5.85. The van der Waals surface area contributed by atoms with Gasteiger partial charge in [0.1, 0.15) is 31.9 Å². The second-order valence-corrected chi connectivity index (χ2v) is 11.0. The molecule has 6 nitrogen and oxygen atoms in total. The molecule has 0 saturated carbocycles. The highest BCUT2D eigenvalue weighted by Gasteiger charge is 2.27. The topological polar surface area (TPSA) is 64.8 Å². The molecule has 6 heteroatoms. The Bertz CT molecular complexity index is 1380. The fraction of sp³-hybridized carbons (Fsp3) is 0.382. The molecule has 0 fully saturated rings. The van der Waals surface area contributed by atoms with Crippen molar-refractivity contribution in [3.05, 3.63) is 105 Å². The summed E-state index contributed by atoms with van der Waals surface area (Å²) in [5.74, 6) is 2.40. The molecule has 6 rings (SSSR count). The van der Waals surface area contributed by atoms with Crippen molar-refractivity contribution >= 4 is 17.7 Å². The number of hydrogen-bond acceptors (Lipinski definition) is 6. The van der Waals surface area contributed by atoms with Gasteiger partial charge in [-0.15, -0.1) is 0 Å². The molecule has 40 heavy (non-hydrogen) atoms. The minimum atomic E-state index is 0.0418. The van der Waals surface area contributed by atoms with Crippen molar-refractivity contribution in [3.63, 3.8) is 0 Å². The van der Waals surface area contributed by atoms with Gasteiger partial charge >= 0.3 is 0 Å². The zero-order valence-electron chi connectivity index (χ0n) is 23.8. The maximum absolute atomic E-state index is 6.14. The molecule has 0 N–H and O–H groups in total. The smallest absolute Gasteiger partial charge is 0.188 e. The number of ether oxygens (including phenoxy) is 3. The Morgan fingerprint density at radius 2 is 0.925 bits per heavy atom. The van der Waals surface area contributed by atoms with Crippen LogP contribution in [0.15, 0.2) is 75.6 Å². The molecule has 0 bridgehead atoms. The van der Waals surface area contributed by atoms with Gasteiger partial charge in [-0.2, -0.15) is 0 Å². The first-order valence-corrected chi connectivity index (χ1v) is 14.2. The molecule has 0 amide bonds. The molecular weight excluding hydrogens is 498 g/mol. The van der Waals surface area contributed by atoms with Crippen LogP contribution in [0.5, 0.6) is 0 Å². The number of aliphatic imine (C=N–C) groups is 3. The lowest BCUT2D eigenvalue weighted by Gasteiger charge is -2.22. The average molecular weight is 536 g/mol. The largest absolute Gasteiger partial charge is 0.478 e. The van der Waals surface area contributed by atoms with Gasteiger partial charge in [-0.25, -0.2) is 15.0 Å². The Morgan fingerprint density at radius 3 is 1.30 bits per heavy atom. The fourth-order valence-corrected chi connectivity index (χ4v) is 6.01. The van der Waals surface area contributed by atoms with E-state index in [4.69, 9.17) is 29.2 Å². The zero-order chi connectivity index (χ0) is 27.6. The number of benzene rings is 3. The second kappa shape index (κ2) is 11.3. The van der Waals surface area contributed by atoms with Gasteiger partial charge in [0.2, 0.25) is 0 Å². The van der Waals surface area contributed by atoms with E-state index in [9.17, 15) is 0 Å². The summed E-state index contributed by atoms with van der Waals surface area (Å²) < 4.78 is 18.2. The van der Waals surface area contributed by atoms with Crippen LogP contribution in [0.1, 0.15) is 63.5 Å². The minimum Gasteiger partial charge on any atom is -0.478 e. The third-order valence-electron chi connectivity index (χ3n) is 8.34. The Labute approximate surface area is 236 Å². The molecule has 0 saturated heterocycles. The van der Waals surface area contributed by atoms with Crippen LogP contribution in [0.3, 0.4) is 0 Å². The molecule has 3 atom stereocenters. The third-order valence-corrected chi connectivity index (χ3v) is 8.34. The second-order valence-electron chi connectivity index (χ2n) is 11.0. The van der Waals surface area contributed by atoms with Gasteiger partial charge in [0.25, 0.3) is 0 Å². The van der Waals surface area contributed by atoms with E-state index in [0.29, 0.717) is 39.1 Å². The summed E-state index contributed by atoms with van der Waals surface area (Å²) in [5, 5.41) is 0. The highest BCUT2D eigenvalue weighted by atomic mass is 16.5. The zero-order valence-corrected chi connectivity index (χ0v) is 23.8. The Balaban J connectivity index is 1.34. The molecule has 3 unspecified atom stereocenters. The van der Waals surface area contributed by atoms with Crippen LogP contribution in [-0.4, -0.2) is 43.6 Å². The highest BCUT2D eigenvalue weighted by Crippen LogP contribution is 2.33. The van der Waals surface area contributed by atoms with Crippen LogP contribution < -0.4 is 0 Å². The van der Waals surface area contributed by atoms with Gasteiger partial charge in [-0.1, -0.05) is 60.7 Å². The van der Waals surface area contributed by atoms with E-state index in [0.717, 1.165) is 17.7 Å². The Kier molecular flexibility index (Phi) is 7.42. The molecule has 3 aromatic rings. The van der Waals surface area contributed by atoms with Crippen LogP contribution in [0.4, 0.5) is 0 Å². The lowest BCUT2D eigenvalue weighted by atomic mass is 9.84. The van der Waals surface area contributed by atoms with Crippen molar-refractivity contribution in [2.75, 3.05) is 19.8 Å². The van der Waals surface area contributed by atoms with Gasteiger partial charge < -0.3 is 14.2 Å². The van der Waals surface area contributed by atoms with Crippen molar-refractivity contribution in [1.29, 1.82) is 0 Å². The number of hydrogen-bond donors (Lipinski definition) is 0. The Hall–Kier alpha value is -3.93. The van der Waals surface area contributed by atoms with E-state index in [1.54, 1.807) is 0 Å². The van der Waals surface area contributed by atoms with E-state index in [1.165, 1.54) is 44.5 Å². The SMILES string of the molecule is Cc1c(CC2=NC(C)CO2)c(C)c(CC2=NC(c3ccccc3)CO2)c(C)c1CC1=NC(c2ccccc2)CO1. The summed E-state index contributed by atoms with van der Waals surface area (Å²) in [6.45, 7) is 10.5. The van der Waals surface area contributed by atoms with Crippen molar-refractivity contribution in [1.82, 2.24) is 0 Å². The molecule has 3 aromatic carbocycles. The van der Waals surface area contributed by atoms with E-state index < -0.39 is 0 Å². The first kappa shape index (κ1) is 26.3. The van der Waals surface area contributed by atoms with Gasteiger partial charge in [-0.05, 0) is 72.2 Å². The summed E-state index contributed by atoms with van der Waals surface area (Å²) >= 11 is 0. The predicted molar refractivity (Wildman–Crippen MR) is 160 cm³/mol. The van der Waals surface area contributed by atoms with Crippen molar-refractivity contribution in [2.24, 2.45) is 15.0 Å². The number of nitrogens with zero attached hydrogens (tertiary/aromatic N) is 3. The average Bonchev–Trinajstić information content (AvgIpc) is 3.74. The van der Waals surface area contributed by atoms with Gasteiger partial charge in [0, 0.05) is 19.3 Å². The van der Waals surface area contributed by atoms with Crippen LogP contribution in [0.2, 0.25) is 0 Å². The third kappa shape index (κ3) is 5.40. The summed E-state index contributed by atoms with van der Waals surface area (Å²) in [4.78, 5) is 14.7. The van der Waals surface area contributed by atoms with Gasteiger partial charge in [-0.3, -0.25) is 0 Å². The first-order valence-electron chi connectivity index (χ1n) is 14.2. The maximum atomic E-state index is 6.14. The predicted octanol–water partition coefficient (Wildman–Crippen LogP) is 6.40. The Morgan fingerprint density at radius 1 is 0.550 bits per heavy atom. The molecule has 3 aliphatic heterocycles. The van der Waals surface area contributed by atoms with E-state index in [-0.39, 0.29) is 18.1 Å². The van der Waals surface area contributed by atoms with Crippen LogP contribution in [0, 0.1) is 20.8 Å². The summed E-state index contributed by atoms with van der Waals surface area (Å²) in [7, 11) is 0. The molecule has 206 valence electrons. The maximum Gasteiger partial charge on any atom is 0.188 e. The molecule has 0 aliphatic carbocycles. The van der Waals surface area contributed by atoms with Gasteiger partial charge in [0.15, 0.2) is 17.7 Å². The minimum absolute atomic E-state index is 0.0418. The van der Waals surface area contributed by atoms with Crippen molar-refractivity contribution in [3.8, 4) is 0 Å². The van der Waals surface area contributed by atoms with Crippen LogP contribution in [-0.2, 0) is 33.5 Å². The lowest BCUT2D eigenvalue weighted by molar-refractivity contribution is 0.313. The van der Waals surface area contributed by atoms with Crippen LogP contribution >= 0.6 is 0 Å². The summed E-state index contributed by atoms with van der Waals surface area (Å²) in [5.41, 5.74) is 9.93. The lowest BCUT2D eigenvalue weighted by Crippen LogP contribution is -2.16. The van der Waals surface area contributed by atoms with E-state index in [1.807, 2.05) is 12.1 Å². The van der Waals surface area contributed by atoms with E-state index >= 15 is 0 Å². The first-order chi connectivity index (χ1) is 19.5. The quantitative estimate of drug-likeness (QED) is 0.335. The molecular formula is C34H37N3O3. The van der Waals surface area contributed by atoms with Crippen molar-refractivity contribution < 1.29 is 14.2 Å². The van der Waals surface area contributed by atoms with Gasteiger partial charge in [0.05, 0.1) is 6.04 Å². The fourth-order valence-electron chi connectivity index (χ4n) is 6.01.